The van der Waals surface area contributed by atoms with Crippen LogP contribution in [-0.2, 0) is 32.4 Å². The number of ether oxygens (including phenoxy) is 1. The first-order valence-electron chi connectivity index (χ1n) is 9.10. The molecule has 3 rings (SSSR count). The number of carbonyl (C=O) groups excluding carboxylic acids is 2. The zero-order valence-corrected chi connectivity index (χ0v) is 16.7. The van der Waals surface area contributed by atoms with Gasteiger partial charge in [0.25, 0.3) is 0 Å². The van der Waals surface area contributed by atoms with E-state index >= 15 is 0 Å². The van der Waals surface area contributed by atoms with Crippen molar-refractivity contribution < 1.29 is 22.7 Å². The number of sulfonamides is 1. The number of carbonyl (C=O) groups is 2. The van der Waals surface area contributed by atoms with Gasteiger partial charge in [0, 0.05) is 17.5 Å². The Bertz CT molecular complexity index is 985. The monoisotopic (exact) mass is 401 g/mol. The van der Waals surface area contributed by atoms with E-state index in [2.05, 4.69) is 9.46 Å². The molecule has 2 unspecified atom stereocenters. The third-order valence-electron chi connectivity index (χ3n) is 4.95. The van der Waals surface area contributed by atoms with Crippen molar-refractivity contribution in [2.45, 2.75) is 37.1 Å². The van der Waals surface area contributed by atoms with Crippen molar-refractivity contribution in [3.8, 4) is 0 Å². The average molecular weight is 401 g/mol. The second-order valence-electron chi connectivity index (χ2n) is 7.07. The Morgan fingerprint density at radius 1 is 1.11 bits per heavy atom. The molecular weight excluding hydrogens is 378 g/mol. The normalized spacial score (nSPS) is 17.0. The predicted octanol–water partition coefficient (Wildman–Crippen LogP) is 2.51. The Morgan fingerprint density at radius 3 is 2.46 bits per heavy atom. The highest BCUT2D eigenvalue weighted by Gasteiger charge is 2.28. The maximum Gasteiger partial charge on any atom is 0.306 e. The van der Waals surface area contributed by atoms with Gasteiger partial charge in [0.15, 0.2) is 5.78 Å². The predicted molar refractivity (Wildman–Crippen MR) is 105 cm³/mol. The summed E-state index contributed by atoms with van der Waals surface area (Å²) in [6.45, 7) is 1.70. The van der Waals surface area contributed by atoms with Crippen LogP contribution >= 0.6 is 0 Å². The molecule has 1 aliphatic rings. The summed E-state index contributed by atoms with van der Waals surface area (Å²) in [6.07, 6.45) is 1.13. The molecule has 0 saturated heterocycles. The second kappa shape index (κ2) is 8.24. The maximum atomic E-state index is 12.6. The van der Waals surface area contributed by atoms with Gasteiger partial charge in [-0.15, -0.1) is 0 Å². The Morgan fingerprint density at radius 2 is 1.79 bits per heavy atom. The summed E-state index contributed by atoms with van der Waals surface area (Å²) in [7, 11) is -2.29. The smallest absolute Gasteiger partial charge is 0.306 e. The van der Waals surface area contributed by atoms with Crippen LogP contribution in [0.3, 0.4) is 0 Å². The summed E-state index contributed by atoms with van der Waals surface area (Å²) < 4.78 is 32.4. The molecule has 6 nitrogen and oxygen atoms in total. The van der Waals surface area contributed by atoms with Crippen LogP contribution in [0.2, 0.25) is 0 Å². The Labute approximate surface area is 165 Å². The minimum atomic E-state index is -3.59. The van der Waals surface area contributed by atoms with Gasteiger partial charge in [0.2, 0.25) is 10.0 Å². The largest absolute Gasteiger partial charge is 0.469 e. The molecule has 0 saturated carbocycles. The molecule has 0 spiro atoms. The number of esters is 1. The highest BCUT2D eigenvalue weighted by atomic mass is 32.2. The fourth-order valence-electron chi connectivity index (χ4n) is 3.45. The van der Waals surface area contributed by atoms with E-state index in [9.17, 15) is 18.0 Å². The molecule has 0 radical (unpaired) electrons. The first-order valence-corrected chi connectivity index (χ1v) is 10.6. The first-order chi connectivity index (χ1) is 13.3. The van der Waals surface area contributed by atoms with E-state index in [1.165, 1.54) is 7.11 Å². The fraction of sp³-hybridized carbons (Fsp3) is 0.333. The number of fused-ring (bicyclic) bond motifs is 1. The lowest BCUT2D eigenvalue weighted by Gasteiger charge is -2.12. The summed E-state index contributed by atoms with van der Waals surface area (Å²) in [6, 6.07) is 13.4. The third kappa shape index (κ3) is 4.48. The van der Waals surface area contributed by atoms with Gasteiger partial charge < -0.3 is 4.74 Å². The highest BCUT2D eigenvalue weighted by Crippen LogP contribution is 2.26. The first kappa shape index (κ1) is 20.2. The molecule has 2 aromatic carbocycles. The molecule has 1 aliphatic carbocycles. The number of ketones is 1. The van der Waals surface area contributed by atoms with E-state index in [1.807, 2.05) is 12.1 Å². The van der Waals surface area contributed by atoms with Crippen LogP contribution in [0.1, 0.15) is 34.8 Å². The number of Topliss-reactive ketones (excluding diaryl/α,β-unsaturated/α-hetero) is 1. The third-order valence-corrected chi connectivity index (χ3v) is 6.48. The van der Waals surface area contributed by atoms with Crippen LogP contribution < -0.4 is 4.72 Å². The molecule has 0 amide bonds. The summed E-state index contributed by atoms with van der Waals surface area (Å²) in [5, 5.41) is 0. The van der Waals surface area contributed by atoms with Crippen LogP contribution in [0.4, 0.5) is 0 Å². The van der Waals surface area contributed by atoms with Gasteiger partial charge >= 0.3 is 5.97 Å². The molecule has 0 fully saturated rings. The number of methoxy groups -OCH3 is 1. The van der Waals surface area contributed by atoms with E-state index in [0.29, 0.717) is 18.4 Å². The standard InChI is InChI=1S/C21H23NO5S/c1-14(10-20(23)27-2)21(24)16-9-8-15-12-18(13-17(15)11-16)22-28(25,26)19-6-4-3-5-7-19/h3-9,11,14,18,22H,10,12-13H2,1-2H3. The maximum absolute atomic E-state index is 12.6. The van der Waals surface area contributed by atoms with Gasteiger partial charge in [-0.05, 0) is 42.2 Å². The lowest BCUT2D eigenvalue weighted by atomic mass is 9.94. The van der Waals surface area contributed by atoms with Crippen LogP contribution in [0.25, 0.3) is 0 Å². The van der Waals surface area contributed by atoms with E-state index in [0.717, 1.165) is 11.1 Å². The SMILES string of the molecule is COC(=O)CC(C)C(=O)c1ccc2c(c1)CC(NS(=O)(=O)c1ccccc1)C2. The van der Waals surface area contributed by atoms with Gasteiger partial charge in [0.05, 0.1) is 18.4 Å². The van der Waals surface area contributed by atoms with Gasteiger partial charge in [-0.2, -0.15) is 0 Å². The zero-order valence-electron chi connectivity index (χ0n) is 15.8. The average Bonchev–Trinajstić information content (AvgIpc) is 3.08. The molecule has 7 heteroatoms. The number of hydrogen-bond acceptors (Lipinski definition) is 5. The molecule has 0 bridgehead atoms. The van der Waals surface area contributed by atoms with Gasteiger partial charge in [-0.1, -0.05) is 37.3 Å². The van der Waals surface area contributed by atoms with E-state index in [1.54, 1.807) is 43.3 Å². The molecule has 0 aliphatic heterocycles. The highest BCUT2D eigenvalue weighted by molar-refractivity contribution is 7.89. The van der Waals surface area contributed by atoms with E-state index < -0.39 is 21.9 Å². The summed E-state index contributed by atoms with van der Waals surface area (Å²) >= 11 is 0. The Hall–Kier alpha value is -2.51. The van der Waals surface area contributed by atoms with E-state index in [-0.39, 0.29) is 23.1 Å². The van der Waals surface area contributed by atoms with Crippen molar-refractivity contribution in [2.24, 2.45) is 5.92 Å². The zero-order chi connectivity index (χ0) is 20.3. The minimum Gasteiger partial charge on any atom is -0.469 e. The minimum absolute atomic E-state index is 0.0336. The van der Waals surface area contributed by atoms with Crippen LogP contribution in [-0.4, -0.2) is 33.3 Å². The molecule has 148 valence electrons. The summed E-state index contributed by atoms with van der Waals surface area (Å²) in [5.41, 5.74) is 2.51. The topological polar surface area (TPSA) is 89.5 Å². The van der Waals surface area contributed by atoms with Crippen molar-refractivity contribution in [1.29, 1.82) is 0 Å². The van der Waals surface area contributed by atoms with Crippen molar-refractivity contribution in [1.82, 2.24) is 4.72 Å². The fourth-order valence-corrected chi connectivity index (χ4v) is 4.71. The van der Waals surface area contributed by atoms with Gasteiger partial charge in [-0.3, -0.25) is 9.59 Å². The molecular formula is C21H23NO5S. The molecule has 0 heterocycles. The Balaban J connectivity index is 1.70. The van der Waals surface area contributed by atoms with Gasteiger partial charge in [0.1, 0.15) is 0 Å². The number of rotatable bonds is 7. The van der Waals surface area contributed by atoms with Crippen LogP contribution in [0.15, 0.2) is 53.4 Å². The van der Waals surface area contributed by atoms with E-state index in [4.69, 9.17) is 0 Å². The quantitative estimate of drug-likeness (QED) is 0.569. The number of nitrogens with one attached hydrogen (secondary N) is 1. The van der Waals surface area contributed by atoms with Crippen molar-refractivity contribution in [2.75, 3.05) is 7.11 Å². The molecule has 0 aromatic heterocycles. The lowest BCUT2D eigenvalue weighted by molar-refractivity contribution is -0.141. The van der Waals surface area contributed by atoms with Crippen molar-refractivity contribution in [3.05, 3.63) is 65.2 Å². The Kier molecular flexibility index (Phi) is 5.96. The second-order valence-corrected chi connectivity index (χ2v) is 8.78. The van der Waals surface area contributed by atoms with Crippen molar-refractivity contribution >= 4 is 21.8 Å². The lowest BCUT2D eigenvalue weighted by Crippen LogP contribution is -2.35. The molecule has 2 aromatic rings. The molecule has 1 N–H and O–H groups in total. The summed E-state index contributed by atoms with van der Waals surface area (Å²) in [5.74, 6) is -1.02. The molecule has 28 heavy (non-hydrogen) atoms. The molecule has 2 atom stereocenters. The number of benzene rings is 2. The van der Waals surface area contributed by atoms with Crippen molar-refractivity contribution in [3.63, 3.8) is 0 Å². The van der Waals surface area contributed by atoms with Crippen LogP contribution in [0, 0.1) is 5.92 Å². The summed E-state index contributed by atoms with van der Waals surface area (Å²) in [4.78, 5) is 24.2. The van der Waals surface area contributed by atoms with Crippen LogP contribution in [0.5, 0.6) is 0 Å². The number of hydrogen-bond donors (Lipinski definition) is 1. The van der Waals surface area contributed by atoms with Gasteiger partial charge in [-0.25, -0.2) is 13.1 Å².